The number of aromatic nitrogens is 2. The highest BCUT2D eigenvalue weighted by molar-refractivity contribution is 5.83. The molecule has 106 valence electrons. The van der Waals surface area contributed by atoms with Crippen LogP contribution in [-0.2, 0) is 11.3 Å². The molecule has 2 aromatic rings. The van der Waals surface area contributed by atoms with Gasteiger partial charge in [-0.05, 0) is 24.0 Å². The first-order valence-electron chi connectivity index (χ1n) is 6.96. The number of hydrogen-bond acceptors (Lipinski definition) is 3. The number of carbonyl (C=O) groups is 1. The van der Waals surface area contributed by atoms with E-state index in [1.807, 2.05) is 18.3 Å². The molecule has 0 aliphatic carbocycles. The number of carbonyl (C=O) groups excluding carboxylic acids is 1. The van der Waals surface area contributed by atoms with Gasteiger partial charge in [0, 0.05) is 35.5 Å². The SMILES string of the molecule is CC1(C)CN[C@H](C(=O)NCc2cc3cnccc3[nH]2)C1. The second kappa shape index (κ2) is 4.90. The highest BCUT2D eigenvalue weighted by atomic mass is 16.2. The standard InChI is InChI=1S/C15H20N4O/c1-15(2)6-13(18-9-15)14(20)17-8-11-5-10-7-16-4-3-12(10)19-11/h3-5,7,13,18-19H,6,8-9H2,1-2H3,(H,17,20)/t13-/m0/s1. The number of fused-ring (bicyclic) bond motifs is 1. The van der Waals surface area contributed by atoms with Gasteiger partial charge in [-0.25, -0.2) is 0 Å². The lowest BCUT2D eigenvalue weighted by molar-refractivity contribution is -0.123. The average Bonchev–Trinajstić information content (AvgIpc) is 2.98. The van der Waals surface area contributed by atoms with Crippen LogP contribution in [0.5, 0.6) is 0 Å². The predicted octanol–water partition coefficient (Wildman–Crippen LogP) is 1.57. The van der Waals surface area contributed by atoms with Gasteiger partial charge in [-0.3, -0.25) is 9.78 Å². The van der Waals surface area contributed by atoms with Crippen molar-refractivity contribution in [3.05, 3.63) is 30.2 Å². The van der Waals surface area contributed by atoms with Gasteiger partial charge in [0.25, 0.3) is 0 Å². The number of nitrogens with one attached hydrogen (secondary N) is 3. The van der Waals surface area contributed by atoms with Crippen molar-refractivity contribution >= 4 is 16.8 Å². The summed E-state index contributed by atoms with van der Waals surface area (Å²) in [7, 11) is 0. The van der Waals surface area contributed by atoms with Crippen LogP contribution < -0.4 is 10.6 Å². The molecule has 3 rings (SSSR count). The fraction of sp³-hybridized carbons (Fsp3) is 0.467. The van der Waals surface area contributed by atoms with Crippen molar-refractivity contribution in [2.75, 3.05) is 6.54 Å². The average molecular weight is 272 g/mol. The summed E-state index contributed by atoms with van der Waals surface area (Å²) >= 11 is 0. The van der Waals surface area contributed by atoms with Crippen LogP contribution in [0.3, 0.4) is 0 Å². The quantitative estimate of drug-likeness (QED) is 0.794. The molecule has 20 heavy (non-hydrogen) atoms. The Labute approximate surface area is 118 Å². The van der Waals surface area contributed by atoms with E-state index >= 15 is 0 Å². The third-order valence-corrected chi connectivity index (χ3v) is 3.83. The van der Waals surface area contributed by atoms with Crippen LogP contribution in [0.15, 0.2) is 24.5 Å². The zero-order valence-electron chi connectivity index (χ0n) is 11.9. The van der Waals surface area contributed by atoms with Crippen LogP contribution in [0.1, 0.15) is 26.0 Å². The lowest BCUT2D eigenvalue weighted by atomic mass is 9.90. The third kappa shape index (κ3) is 2.67. The van der Waals surface area contributed by atoms with Crippen molar-refractivity contribution in [3.8, 4) is 0 Å². The minimum absolute atomic E-state index is 0.0731. The Bertz CT molecular complexity index is 599. The number of pyridine rings is 1. The second-order valence-electron chi connectivity index (χ2n) is 6.28. The van der Waals surface area contributed by atoms with E-state index in [2.05, 4.69) is 34.4 Å². The van der Waals surface area contributed by atoms with Crippen molar-refractivity contribution in [1.82, 2.24) is 20.6 Å². The molecule has 1 saturated heterocycles. The first kappa shape index (κ1) is 13.1. The van der Waals surface area contributed by atoms with Crippen LogP contribution >= 0.6 is 0 Å². The predicted molar refractivity (Wildman–Crippen MR) is 78.1 cm³/mol. The maximum Gasteiger partial charge on any atom is 0.237 e. The van der Waals surface area contributed by atoms with Gasteiger partial charge in [-0.1, -0.05) is 13.8 Å². The van der Waals surface area contributed by atoms with Crippen molar-refractivity contribution in [2.24, 2.45) is 5.41 Å². The number of hydrogen-bond donors (Lipinski definition) is 3. The lowest BCUT2D eigenvalue weighted by Crippen LogP contribution is -2.40. The molecule has 5 nitrogen and oxygen atoms in total. The molecule has 0 spiro atoms. The molecule has 3 heterocycles. The molecule has 2 aromatic heterocycles. The molecule has 0 unspecified atom stereocenters. The van der Waals surface area contributed by atoms with Crippen molar-refractivity contribution < 1.29 is 4.79 Å². The number of aromatic amines is 1. The van der Waals surface area contributed by atoms with Crippen LogP contribution in [0.25, 0.3) is 10.9 Å². The Balaban J connectivity index is 1.60. The van der Waals surface area contributed by atoms with Crippen LogP contribution in [0.4, 0.5) is 0 Å². The second-order valence-corrected chi connectivity index (χ2v) is 6.28. The molecule has 0 aromatic carbocycles. The first-order chi connectivity index (χ1) is 9.53. The van der Waals surface area contributed by atoms with E-state index in [0.717, 1.165) is 29.6 Å². The highest BCUT2D eigenvalue weighted by Gasteiger charge is 2.34. The van der Waals surface area contributed by atoms with E-state index in [9.17, 15) is 4.79 Å². The Kier molecular flexibility index (Phi) is 3.22. The Morgan fingerprint density at radius 3 is 3.10 bits per heavy atom. The topological polar surface area (TPSA) is 69.8 Å². The fourth-order valence-corrected chi connectivity index (χ4v) is 2.71. The van der Waals surface area contributed by atoms with Crippen LogP contribution in [-0.4, -0.2) is 28.5 Å². The van der Waals surface area contributed by atoms with E-state index in [1.165, 1.54) is 0 Å². The van der Waals surface area contributed by atoms with Gasteiger partial charge >= 0.3 is 0 Å². The molecule has 1 atom stereocenters. The van der Waals surface area contributed by atoms with Crippen LogP contribution in [0.2, 0.25) is 0 Å². The minimum Gasteiger partial charge on any atom is -0.357 e. The molecule has 3 N–H and O–H groups in total. The van der Waals surface area contributed by atoms with E-state index < -0.39 is 0 Å². The number of H-pyrrole nitrogens is 1. The fourth-order valence-electron chi connectivity index (χ4n) is 2.71. The largest absolute Gasteiger partial charge is 0.357 e. The number of rotatable bonds is 3. The van der Waals surface area contributed by atoms with Crippen LogP contribution in [0, 0.1) is 5.41 Å². The molecular formula is C15H20N4O. The summed E-state index contributed by atoms with van der Waals surface area (Å²) in [6, 6.07) is 3.88. The van der Waals surface area contributed by atoms with Gasteiger partial charge in [0.15, 0.2) is 0 Å². The smallest absolute Gasteiger partial charge is 0.237 e. The zero-order chi connectivity index (χ0) is 14.2. The molecule has 1 amide bonds. The minimum atomic E-state index is -0.0731. The van der Waals surface area contributed by atoms with Crippen molar-refractivity contribution in [2.45, 2.75) is 32.9 Å². The van der Waals surface area contributed by atoms with Crippen molar-refractivity contribution in [1.29, 1.82) is 0 Å². The summed E-state index contributed by atoms with van der Waals surface area (Å²) in [5.74, 6) is 0.0763. The number of amides is 1. The normalized spacial score (nSPS) is 21.2. The summed E-state index contributed by atoms with van der Waals surface area (Å²) in [6.07, 6.45) is 4.46. The van der Waals surface area contributed by atoms with E-state index in [-0.39, 0.29) is 17.4 Å². The van der Waals surface area contributed by atoms with Gasteiger partial charge in [-0.2, -0.15) is 0 Å². The van der Waals surface area contributed by atoms with E-state index in [0.29, 0.717) is 6.54 Å². The monoisotopic (exact) mass is 272 g/mol. The van der Waals surface area contributed by atoms with Gasteiger partial charge in [0.1, 0.15) is 0 Å². The summed E-state index contributed by atoms with van der Waals surface area (Å²) in [5.41, 5.74) is 2.25. The Morgan fingerprint density at radius 2 is 2.40 bits per heavy atom. The molecule has 5 heteroatoms. The first-order valence-corrected chi connectivity index (χ1v) is 6.96. The zero-order valence-corrected chi connectivity index (χ0v) is 11.9. The van der Waals surface area contributed by atoms with E-state index in [1.54, 1.807) is 6.20 Å². The maximum absolute atomic E-state index is 12.1. The molecule has 0 radical (unpaired) electrons. The third-order valence-electron chi connectivity index (χ3n) is 3.83. The van der Waals surface area contributed by atoms with Gasteiger partial charge in [0.2, 0.25) is 5.91 Å². The molecule has 1 aliphatic heterocycles. The maximum atomic E-state index is 12.1. The van der Waals surface area contributed by atoms with Gasteiger partial charge in [-0.15, -0.1) is 0 Å². The molecule has 0 saturated carbocycles. The highest BCUT2D eigenvalue weighted by Crippen LogP contribution is 2.27. The molecular weight excluding hydrogens is 252 g/mol. The molecule has 0 bridgehead atoms. The van der Waals surface area contributed by atoms with Gasteiger partial charge < -0.3 is 15.6 Å². The lowest BCUT2D eigenvalue weighted by Gasteiger charge is -2.15. The summed E-state index contributed by atoms with van der Waals surface area (Å²) in [4.78, 5) is 19.5. The Morgan fingerprint density at radius 1 is 1.55 bits per heavy atom. The molecule has 1 fully saturated rings. The summed E-state index contributed by atoms with van der Waals surface area (Å²) < 4.78 is 0. The van der Waals surface area contributed by atoms with Gasteiger partial charge in [0.05, 0.1) is 12.6 Å². The summed E-state index contributed by atoms with van der Waals surface area (Å²) in [6.45, 7) is 5.77. The van der Waals surface area contributed by atoms with E-state index in [4.69, 9.17) is 0 Å². The van der Waals surface area contributed by atoms with Crippen molar-refractivity contribution in [3.63, 3.8) is 0 Å². The summed E-state index contributed by atoms with van der Waals surface area (Å²) in [5, 5.41) is 7.33. The number of nitrogens with zero attached hydrogens (tertiary/aromatic N) is 1. The molecule has 1 aliphatic rings. The Hall–Kier alpha value is -1.88.